The molecule has 4 fully saturated rings. The highest BCUT2D eigenvalue weighted by Crippen LogP contribution is 2.45. The summed E-state index contributed by atoms with van der Waals surface area (Å²) < 4.78 is 59.5. The van der Waals surface area contributed by atoms with E-state index in [1.807, 2.05) is 13.8 Å². The van der Waals surface area contributed by atoms with E-state index in [-0.39, 0.29) is 46.9 Å². The number of hydrogen-bond donors (Lipinski definition) is 1. The largest absolute Gasteiger partial charge is 0.451 e. The third-order valence-corrected chi connectivity index (χ3v) is 11.9. The molecule has 0 radical (unpaired) electrons. The summed E-state index contributed by atoms with van der Waals surface area (Å²) in [6.45, 7) is 12.9. The van der Waals surface area contributed by atoms with Crippen LogP contribution in [0.3, 0.4) is 0 Å². The number of sulfonamides is 1. The number of likely N-dealkylation sites (tertiary alicyclic amines) is 1. The Bertz CT molecular complexity index is 1510. The maximum absolute atomic E-state index is 14.4. The van der Waals surface area contributed by atoms with Gasteiger partial charge < -0.3 is 28.9 Å². The zero-order valence-electron chi connectivity index (χ0n) is 27.7. The minimum Gasteiger partial charge on any atom is -0.451 e. The summed E-state index contributed by atoms with van der Waals surface area (Å²) in [4.78, 5) is 28.8. The number of carbonyl (C=O) groups excluding carboxylic acids is 1. The molecule has 0 unspecified atom stereocenters. The van der Waals surface area contributed by atoms with Crippen molar-refractivity contribution in [2.24, 2.45) is 5.41 Å². The van der Waals surface area contributed by atoms with Gasteiger partial charge in [-0.25, -0.2) is 27.5 Å². The fraction of sp³-hybridized carbons (Fsp3) is 0.667. The molecule has 0 aliphatic carbocycles. The van der Waals surface area contributed by atoms with Crippen molar-refractivity contribution in [2.45, 2.75) is 82.9 Å². The van der Waals surface area contributed by atoms with E-state index in [1.54, 1.807) is 24.9 Å². The van der Waals surface area contributed by atoms with E-state index < -0.39 is 21.1 Å². The highest BCUT2D eigenvalue weighted by atomic mass is 32.2. The maximum atomic E-state index is 14.4. The summed E-state index contributed by atoms with van der Waals surface area (Å²) in [7, 11) is -3.30. The summed E-state index contributed by atoms with van der Waals surface area (Å²) in [6.07, 6.45) is 6.93. The van der Waals surface area contributed by atoms with Crippen LogP contribution in [0.15, 0.2) is 30.7 Å². The van der Waals surface area contributed by atoms with Crippen LogP contribution in [0, 0.1) is 11.2 Å². The minimum absolute atomic E-state index is 0.111. The van der Waals surface area contributed by atoms with E-state index in [9.17, 15) is 17.6 Å². The zero-order chi connectivity index (χ0) is 33.3. The van der Waals surface area contributed by atoms with Crippen LogP contribution >= 0.6 is 0 Å². The Morgan fingerprint density at radius 2 is 1.83 bits per heavy atom. The third-order valence-electron chi connectivity index (χ3n) is 10.0. The lowest BCUT2D eigenvalue weighted by Gasteiger charge is -2.54. The fourth-order valence-corrected chi connectivity index (χ4v) is 8.10. The van der Waals surface area contributed by atoms with Gasteiger partial charge in [0.1, 0.15) is 17.9 Å². The summed E-state index contributed by atoms with van der Waals surface area (Å²) in [5.41, 5.74) is 0.341. The Labute approximate surface area is 277 Å². The van der Waals surface area contributed by atoms with Gasteiger partial charge >= 0.3 is 0 Å². The van der Waals surface area contributed by atoms with Gasteiger partial charge in [-0.1, -0.05) is 0 Å². The molecule has 4 saturated heterocycles. The number of ether oxygens (including phenoxy) is 3. The standard InChI is InChI=1S/C33H47FN6O6S/c1-22(2)47(42,43)37-26-6-7-27(45-18-26)15-38-11-9-33(10-12-38)19-39(20-33)31-30(14-35-21-36-31)46-29-8-5-25(34)13-28(29)32(41)40-23(3)16-44-17-24(40)4/h5,8,13-14,21-24,26-27,37H,6-7,9-12,15-20H2,1-4H3/t23-,24+,26-,27+/m1/s1. The van der Waals surface area contributed by atoms with Gasteiger partial charge in [-0.2, -0.15) is 0 Å². The highest BCUT2D eigenvalue weighted by Gasteiger charge is 2.46. The second-order valence-electron chi connectivity index (χ2n) is 14.0. The molecule has 2 aromatic rings. The molecule has 5 heterocycles. The lowest BCUT2D eigenvalue weighted by molar-refractivity contribution is -0.0299. The molecule has 4 atom stereocenters. The van der Waals surface area contributed by atoms with E-state index in [1.165, 1.54) is 24.5 Å². The highest BCUT2D eigenvalue weighted by molar-refractivity contribution is 7.90. The van der Waals surface area contributed by atoms with E-state index in [0.717, 1.165) is 58.4 Å². The van der Waals surface area contributed by atoms with Crippen LogP contribution in [0.25, 0.3) is 0 Å². The summed E-state index contributed by atoms with van der Waals surface area (Å²) in [5.74, 6) is 0.526. The molecule has 47 heavy (non-hydrogen) atoms. The van der Waals surface area contributed by atoms with E-state index in [4.69, 9.17) is 14.2 Å². The van der Waals surface area contributed by atoms with Gasteiger partial charge in [-0.05, 0) is 84.7 Å². The lowest BCUT2D eigenvalue weighted by atomic mass is 9.72. The Hall–Kier alpha value is -2.91. The Balaban J connectivity index is 1.03. The number of anilines is 1. The quantitative estimate of drug-likeness (QED) is 0.423. The molecule has 4 aliphatic heterocycles. The van der Waals surface area contributed by atoms with E-state index in [2.05, 4.69) is 24.5 Å². The normalized spacial score (nSPS) is 26.8. The molecule has 14 heteroatoms. The number of rotatable bonds is 9. The first kappa shape index (κ1) is 34.0. The van der Waals surface area contributed by atoms with Gasteiger partial charge in [0.05, 0.1) is 55.0 Å². The van der Waals surface area contributed by atoms with Crippen molar-refractivity contribution in [3.05, 3.63) is 42.1 Å². The molecule has 6 rings (SSSR count). The van der Waals surface area contributed by atoms with Crippen LogP contribution in [-0.2, 0) is 19.5 Å². The predicted molar refractivity (Wildman–Crippen MR) is 175 cm³/mol. The van der Waals surface area contributed by atoms with Gasteiger partial charge in [-0.3, -0.25) is 4.79 Å². The first-order chi connectivity index (χ1) is 22.4. The topological polar surface area (TPSA) is 126 Å². The van der Waals surface area contributed by atoms with Crippen molar-refractivity contribution in [1.82, 2.24) is 24.5 Å². The first-order valence-electron chi connectivity index (χ1n) is 16.7. The van der Waals surface area contributed by atoms with Crippen LogP contribution in [0.5, 0.6) is 11.5 Å². The van der Waals surface area contributed by atoms with E-state index in [0.29, 0.717) is 31.4 Å². The number of piperidine rings is 1. The van der Waals surface area contributed by atoms with Crippen LogP contribution in [-0.4, -0.2) is 116 Å². The van der Waals surface area contributed by atoms with Crippen molar-refractivity contribution in [3.63, 3.8) is 0 Å². The van der Waals surface area contributed by atoms with Crippen LogP contribution in [0.4, 0.5) is 10.2 Å². The number of halogens is 1. The predicted octanol–water partition coefficient (Wildman–Crippen LogP) is 3.44. The van der Waals surface area contributed by atoms with Crippen LogP contribution in [0.2, 0.25) is 0 Å². The van der Waals surface area contributed by atoms with Gasteiger partial charge in [0.25, 0.3) is 5.91 Å². The van der Waals surface area contributed by atoms with Crippen molar-refractivity contribution < 1.29 is 31.8 Å². The molecule has 1 aromatic carbocycles. The van der Waals surface area contributed by atoms with Crippen LogP contribution in [0.1, 0.15) is 63.7 Å². The molecule has 0 bridgehead atoms. The van der Waals surface area contributed by atoms with Gasteiger partial charge in [0, 0.05) is 31.1 Å². The Morgan fingerprint density at radius 1 is 1.11 bits per heavy atom. The fourth-order valence-electron chi connectivity index (χ4n) is 7.18. The third kappa shape index (κ3) is 7.56. The molecule has 258 valence electrons. The average Bonchev–Trinajstić information content (AvgIpc) is 3.02. The van der Waals surface area contributed by atoms with Crippen molar-refractivity contribution in [2.75, 3.05) is 57.4 Å². The van der Waals surface area contributed by atoms with Crippen LogP contribution < -0.4 is 14.4 Å². The number of aromatic nitrogens is 2. The number of hydrogen-bond acceptors (Lipinski definition) is 10. The number of morpholine rings is 1. The summed E-state index contributed by atoms with van der Waals surface area (Å²) >= 11 is 0. The van der Waals surface area contributed by atoms with Gasteiger partial charge in [-0.15, -0.1) is 0 Å². The van der Waals surface area contributed by atoms with Crippen molar-refractivity contribution >= 4 is 21.7 Å². The molecular formula is C33H47FN6O6S. The minimum atomic E-state index is -3.30. The van der Waals surface area contributed by atoms with E-state index >= 15 is 0 Å². The Morgan fingerprint density at radius 3 is 2.49 bits per heavy atom. The number of carbonyl (C=O) groups is 1. The smallest absolute Gasteiger partial charge is 0.258 e. The molecule has 1 amide bonds. The van der Waals surface area contributed by atoms with Crippen molar-refractivity contribution in [3.8, 4) is 11.5 Å². The number of benzene rings is 1. The maximum Gasteiger partial charge on any atom is 0.258 e. The average molecular weight is 675 g/mol. The van der Waals surface area contributed by atoms with Gasteiger partial charge in [0.15, 0.2) is 11.6 Å². The number of amides is 1. The second-order valence-corrected chi connectivity index (χ2v) is 16.3. The Kier molecular flexibility index (Phi) is 10.1. The summed E-state index contributed by atoms with van der Waals surface area (Å²) in [6, 6.07) is 3.55. The SMILES string of the molecule is CC(C)S(=O)(=O)N[C@@H]1CC[C@@H](CN2CCC3(CC2)CN(c2ncncc2Oc2ccc(F)cc2C(=O)N2[C@H](C)COC[C@@H]2C)C3)OC1. The molecule has 1 aromatic heterocycles. The molecule has 1 N–H and O–H groups in total. The monoisotopic (exact) mass is 674 g/mol. The second kappa shape index (κ2) is 13.9. The number of nitrogens with zero attached hydrogens (tertiary/aromatic N) is 5. The zero-order valence-corrected chi connectivity index (χ0v) is 28.5. The number of nitrogens with one attached hydrogen (secondary N) is 1. The molecule has 1 spiro atoms. The lowest BCUT2D eigenvalue weighted by Crippen LogP contribution is -2.61. The molecule has 0 saturated carbocycles. The molecule has 4 aliphatic rings. The van der Waals surface area contributed by atoms with Crippen molar-refractivity contribution in [1.29, 1.82) is 0 Å². The first-order valence-corrected chi connectivity index (χ1v) is 18.3. The molecular weight excluding hydrogens is 627 g/mol. The molecule has 12 nitrogen and oxygen atoms in total. The summed E-state index contributed by atoms with van der Waals surface area (Å²) in [5, 5.41) is -0.455. The van der Waals surface area contributed by atoms with Gasteiger partial charge in [0.2, 0.25) is 10.0 Å².